The molecule has 2 N–H and O–H groups in total. The van der Waals surface area contributed by atoms with Crippen molar-refractivity contribution in [2.75, 3.05) is 5.32 Å². The highest BCUT2D eigenvalue weighted by Gasteiger charge is 2.18. The van der Waals surface area contributed by atoms with Gasteiger partial charge >= 0.3 is 0 Å². The van der Waals surface area contributed by atoms with E-state index < -0.39 is 4.92 Å². The predicted octanol–water partition coefficient (Wildman–Crippen LogP) is 4.48. The summed E-state index contributed by atoms with van der Waals surface area (Å²) in [6.07, 6.45) is 1.45. The number of furan rings is 1. The van der Waals surface area contributed by atoms with Crippen LogP contribution in [0.3, 0.4) is 0 Å². The summed E-state index contributed by atoms with van der Waals surface area (Å²) in [6.45, 7) is 1.80. The Morgan fingerprint density at radius 1 is 1.19 bits per heavy atom. The normalized spacial score (nSPS) is 10.7. The van der Waals surface area contributed by atoms with Gasteiger partial charge in [-0.25, -0.2) is 0 Å². The third-order valence-electron chi connectivity index (χ3n) is 3.63. The number of nitrogens with one attached hydrogen (secondary N) is 2. The average Bonchev–Trinajstić information content (AvgIpc) is 3.11. The molecule has 7 nitrogen and oxygen atoms in total. The second-order valence-corrected chi connectivity index (χ2v) is 6.08. The summed E-state index contributed by atoms with van der Waals surface area (Å²) in [7, 11) is 0. The summed E-state index contributed by atoms with van der Waals surface area (Å²) in [5, 5.41) is 18.6. The highest BCUT2D eigenvalue weighted by Crippen LogP contribution is 2.31. The summed E-state index contributed by atoms with van der Waals surface area (Å²) >= 11 is 5.15. The number of nitrogens with zero attached hydrogens (tertiary/aromatic N) is 2. The Morgan fingerprint density at radius 2 is 1.96 bits per heavy atom. The van der Waals surface area contributed by atoms with E-state index in [1.165, 1.54) is 12.3 Å². The lowest BCUT2D eigenvalue weighted by atomic mass is 10.1. The van der Waals surface area contributed by atoms with E-state index in [4.69, 9.17) is 16.6 Å². The van der Waals surface area contributed by atoms with E-state index >= 15 is 0 Å². The molecule has 0 unspecified atom stereocenters. The third-order valence-corrected chi connectivity index (χ3v) is 3.83. The lowest BCUT2D eigenvalue weighted by Gasteiger charge is -2.05. The van der Waals surface area contributed by atoms with Crippen molar-refractivity contribution in [3.05, 3.63) is 82.1 Å². The van der Waals surface area contributed by atoms with Gasteiger partial charge in [0, 0.05) is 11.8 Å². The number of para-hydroxylation sites is 1. The van der Waals surface area contributed by atoms with Gasteiger partial charge in [0.2, 0.25) is 0 Å². The summed E-state index contributed by atoms with van der Waals surface area (Å²) in [5.74, 6) is 0.836. The van der Waals surface area contributed by atoms with Crippen molar-refractivity contribution in [3.8, 4) is 11.3 Å². The molecule has 0 fully saturated rings. The number of hydrogen-bond donors (Lipinski definition) is 2. The highest BCUT2D eigenvalue weighted by molar-refractivity contribution is 7.80. The number of nitro groups is 1. The minimum absolute atomic E-state index is 0.000738. The van der Waals surface area contributed by atoms with Crippen molar-refractivity contribution >= 4 is 34.9 Å². The molecule has 136 valence electrons. The third kappa shape index (κ3) is 4.77. The van der Waals surface area contributed by atoms with Crippen LogP contribution in [0.25, 0.3) is 11.3 Å². The Hall–Kier alpha value is -3.52. The molecule has 8 heteroatoms. The molecule has 27 heavy (non-hydrogen) atoms. The number of rotatable bonds is 5. The number of hydrogen-bond acceptors (Lipinski definition) is 5. The second-order valence-electron chi connectivity index (χ2n) is 5.67. The van der Waals surface area contributed by atoms with Crippen LogP contribution in [0.1, 0.15) is 11.3 Å². The summed E-state index contributed by atoms with van der Waals surface area (Å²) in [6, 6.07) is 17.8. The number of thiocarbonyl (C=S) groups is 1. The highest BCUT2D eigenvalue weighted by atomic mass is 32.1. The summed E-state index contributed by atoms with van der Waals surface area (Å²) in [5.41, 5.74) is 4.76. The van der Waals surface area contributed by atoms with Crippen molar-refractivity contribution in [1.29, 1.82) is 0 Å². The first-order valence-corrected chi connectivity index (χ1v) is 8.44. The van der Waals surface area contributed by atoms with E-state index in [-0.39, 0.29) is 5.69 Å². The van der Waals surface area contributed by atoms with Crippen LogP contribution in [0, 0.1) is 17.0 Å². The van der Waals surface area contributed by atoms with Gasteiger partial charge in [-0.3, -0.25) is 15.5 Å². The molecule has 0 aliphatic heterocycles. The fourth-order valence-electron chi connectivity index (χ4n) is 2.40. The molecule has 2 aromatic carbocycles. The van der Waals surface area contributed by atoms with Gasteiger partial charge in [0.15, 0.2) is 5.11 Å². The number of aryl methyl sites for hydroxylation is 1. The Morgan fingerprint density at radius 3 is 2.70 bits per heavy atom. The first-order valence-electron chi connectivity index (χ1n) is 8.03. The lowest BCUT2D eigenvalue weighted by molar-refractivity contribution is -0.384. The molecule has 0 aliphatic carbocycles. The van der Waals surface area contributed by atoms with Crippen LogP contribution >= 0.6 is 12.2 Å². The van der Waals surface area contributed by atoms with Crippen LogP contribution in [0.2, 0.25) is 0 Å². The van der Waals surface area contributed by atoms with Crippen LogP contribution in [0.4, 0.5) is 11.4 Å². The average molecular weight is 380 g/mol. The standard InChI is InChI=1S/C19H16N4O3S/c1-13-7-9-16(17(11-13)23(24)25)18-10-8-15(26-18)12-20-22-19(27)21-14-5-3-2-4-6-14/h2-12H,1H3,(H2,21,22,27)/b20-12-. The van der Waals surface area contributed by atoms with Gasteiger partial charge in [-0.05, 0) is 55.0 Å². The molecule has 0 aliphatic rings. The first kappa shape index (κ1) is 18.3. The Labute approximate surface area is 160 Å². The molecule has 3 aromatic rings. The zero-order valence-corrected chi connectivity index (χ0v) is 15.2. The molecule has 0 bridgehead atoms. The van der Waals surface area contributed by atoms with Crippen molar-refractivity contribution in [1.82, 2.24) is 5.43 Å². The monoisotopic (exact) mass is 380 g/mol. The Balaban J connectivity index is 1.67. The molecule has 0 saturated carbocycles. The Kier molecular flexibility index (Phi) is 5.58. The molecule has 3 rings (SSSR count). The van der Waals surface area contributed by atoms with Crippen molar-refractivity contribution < 1.29 is 9.34 Å². The number of hydrazone groups is 1. The maximum atomic E-state index is 11.3. The van der Waals surface area contributed by atoms with E-state index in [0.717, 1.165) is 11.3 Å². The molecule has 0 radical (unpaired) electrons. The van der Waals surface area contributed by atoms with Crippen LogP contribution in [0.5, 0.6) is 0 Å². The van der Waals surface area contributed by atoms with Crippen molar-refractivity contribution in [2.45, 2.75) is 6.92 Å². The van der Waals surface area contributed by atoms with E-state index in [2.05, 4.69) is 15.8 Å². The van der Waals surface area contributed by atoms with Crippen LogP contribution < -0.4 is 10.7 Å². The zero-order valence-electron chi connectivity index (χ0n) is 14.4. The van der Waals surface area contributed by atoms with Gasteiger partial charge < -0.3 is 9.73 Å². The molecular formula is C19H16N4O3S. The maximum absolute atomic E-state index is 11.3. The molecule has 1 aromatic heterocycles. The number of nitro benzene ring substituents is 1. The molecule has 1 heterocycles. The maximum Gasteiger partial charge on any atom is 0.280 e. The van der Waals surface area contributed by atoms with Gasteiger partial charge in [0.1, 0.15) is 11.5 Å². The predicted molar refractivity (Wildman–Crippen MR) is 109 cm³/mol. The molecule has 0 saturated heterocycles. The van der Waals surface area contributed by atoms with Crippen LogP contribution in [-0.2, 0) is 0 Å². The van der Waals surface area contributed by atoms with Gasteiger partial charge in [-0.15, -0.1) is 0 Å². The largest absolute Gasteiger partial charge is 0.455 e. The van der Waals surface area contributed by atoms with Gasteiger partial charge in [-0.2, -0.15) is 5.10 Å². The summed E-state index contributed by atoms with van der Waals surface area (Å²) < 4.78 is 5.64. The van der Waals surface area contributed by atoms with E-state index in [1.807, 2.05) is 30.3 Å². The molecular weight excluding hydrogens is 364 g/mol. The van der Waals surface area contributed by atoms with Crippen molar-refractivity contribution in [2.24, 2.45) is 5.10 Å². The first-order chi connectivity index (χ1) is 13.0. The summed E-state index contributed by atoms with van der Waals surface area (Å²) in [4.78, 5) is 10.8. The van der Waals surface area contributed by atoms with Gasteiger partial charge in [0.05, 0.1) is 16.7 Å². The van der Waals surface area contributed by atoms with Gasteiger partial charge in [0.25, 0.3) is 5.69 Å². The molecule has 0 spiro atoms. The smallest absolute Gasteiger partial charge is 0.280 e. The SMILES string of the molecule is Cc1ccc(-c2ccc(/C=N\NC(=S)Nc3ccccc3)o2)c([N+](=O)[O-])c1. The van der Waals surface area contributed by atoms with Gasteiger partial charge in [-0.1, -0.05) is 24.3 Å². The Bertz CT molecular complexity index is 999. The minimum Gasteiger partial charge on any atom is -0.455 e. The van der Waals surface area contributed by atoms with E-state index in [9.17, 15) is 10.1 Å². The van der Waals surface area contributed by atoms with Crippen molar-refractivity contribution in [3.63, 3.8) is 0 Å². The fourth-order valence-corrected chi connectivity index (χ4v) is 2.57. The van der Waals surface area contributed by atoms with E-state index in [0.29, 0.717) is 22.2 Å². The topological polar surface area (TPSA) is 92.7 Å². The fraction of sp³-hybridized carbons (Fsp3) is 0.0526. The quantitative estimate of drug-likeness (QED) is 0.293. The van der Waals surface area contributed by atoms with E-state index in [1.54, 1.807) is 31.2 Å². The minimum atomic E-state index is -0.423. The lowest BCUT2D eigenvalue weighted by Crippen LogP contribution is -2.23. The number of anilines is 1. The zero-order chi connectivity index (χ0) is 19.2. The van der Waals surface area contributed by atoms with Crippen LogP contribution in [-0.4, -0.2) is 16.3 Å². The molecule has 0 amide bonds. The second kappa shape index (κ2) is 8.24. The molecule has 0 atom stereocenters. The number of benzene rings is 2. The van der Waals surface area contributed by atoms with Crippen LogP contribution in [0.15, 0.2) is 70.2 Å².